The topological polar surface area (TPSA) is 58.9 Å². The predicted molar refractivity (Wildman–Crippen MR) is 87.3 cm³/mol. The maximum absolute atomic E-state index is 4.43. The Labute approximate surface area is 131 Å². The molecule has 22 heavy (non-hydrogen) atoms. The molecule has 1 aliphatic heterocycles. The molecular weight excluding hydrogens is 276 g/mol. The largest absolute Gasteiger partial charge is 0.368 e. The van der Waals surface area contributed by atoms with E-state index < -0.39 is 0 Å². The maximum atomic E-state index is 4.43. The first-order chi connectivity index (χ1) is 10.6. The highest BCUT2D eigenvalue weighted by atomic mass is 15.4. The zero-order valence-corrected chi connectivity index (χ0v) is 13.6. The van der Waals surface area contributed by atoms with Crippen molar-refractivity contribution in [3.8, 4) is 5.82 Å². The highest BCUT2D eigenvalue weighted by molar-refractivity contribution is 5.36. The van der Waals surface area contributed by atoms with Crippen LogP contribution in [0.5, 0.6) is 0 Å². The average molecular weight is 300 g/mol. The molecule has 1 saturated heterocycles. The van der Waals surface area contributed by atoms with Gasteiger partial charge in [0, 0.05) is 18.8 Å². The second-order valence-electron chi connectivity index (χ2n) is 6.27. The van der Waals surface area contributed by atoms with Gasteiger partial charge in [0.2, 0.25) is 0 Å². The Kier molecular flexibility index (Phi) is 4.38. The van der Waals surface area contributed by atoms with Gasteiger partial charge in [-0.2, -0.15) is 5.10 Å². The molecule has 0 aliphatic carbocycles. The van der Waals surface area contributed by atoms with Crippen LogP contribution in [0.4, 0.5) is 5.82 Å². The fourth-order valence-corrected chi connectivity index (χ4v) is 3.08. The van der Waals surface area contributed by atoms with E-state index in [2.05, 4.69) is 32.6 Å². The van der Waals surface area contributed by atoms with Crippen LogP contribution in [0.3, 0.4) is 0 Å². The second-order valence-corrected chi connectivity index (χ2v) is 6.27. The van der Waals surface area contributed by atoms with Crippen molar-refractivity contribution in [1.29, 1.82) is 0 Å². The molecule has 118 valence electrons. The first-order valence-electron chi connectivity index (χ1n) is 7.91. The molecule has 1 unspecified atom stereocenters. The molecule has 0 bridgehead atoms. The predicted octanol–water partition coefficient (Wildman–Crippen LogP) is 2.03. The molecule has 3 heterocycles. The Morgan fingerprint density at radius 1 is 1.27 bits per heavy atom. The Morgan fingerprint density at radius 2 is 2.14 bits per heavy atom. The van der Waals surface area contributed by atoms with Crippen LogP contribution in [0.1, 0.15) is 24.2 Å². The fourth-order valence-electron chi connectivity index (χ4n) is 3.08. The Bertz CT molecular complexity index is 618. The lowest BCUT2D eigenvalue weighted by Crippen LogP contribution is -2.35. The van der Waals surface area contributed by atoms with Crippen molar-refractivity contribution in [1.82, 2.24) is 24.9 Å². The standard InChI is InChI=1S/C16H24N6/c1-12-9-13(2)22(20-12)16-7-6-15(18-19-16)17-10-14-5-4-8-21(3)11-14/h6-7,9,14H,4-5,8,10-11H2,1-3H3,(H,17,18). The normalized spacial score (nSPS) is 19.3. The second kappa shape index (κ2) is 6.44. The van der Waals surface area contributed by atoms with Gasteiger partial charge >= 0.3 is 0 Å². The average Bonchev–Trinajstić information content (AvgIpc) is 2.84. The van der Waals surface area contributed by atoms with E-state index in [0.717, 1.165) is 36.1 Å². The van der Waals surface area contributed by atoms with E-state index in [1.165, 1.54) is 19.4 Å². The molecule has 2 aromatic heterocycles. The van der Waals surface area contributed by atoms with E-state index >= 15 is 0 Å². The number of piperidine rings is 1. The summed E-state index contributed by atoms with van der Waals surface area (Å²) in [5, 5.41) is 16.4. The molecule has 1 atom stereocenters. The summed E-state index contributed by atoms with van der Waals surface area (Å²) in [4.78, 5) is 2.40. The highest BCUT2D eigenvalue weighted by Gasteiger charge is 2.16. The minimum atomic E-state index is 0.691. The van der Waals surface area contributed by atoms with E-state index in [1.54, 1.807) is 0 Å². The van der Waals surface area contributed by atoms with Crippen molar-refractivity contribution in [2.45, 2.75) is 26.7 Å². The molecule has 2 aromatic rings. The third kappa shape index (κ3) is 3.44. The summed E-state index contributed by atoms with van der Waals surface area (Å²) in [7, 11) is 2.19. The van der Waals surface area contributed by atoms with Gasteiger partial charge in [0.15, 0.2) is 5.82 Å². The summed E-state index contributed by atoms with van der Waals surface area (Å²) in [6.45, 7) is 7.33. The molecule has 0 spiro atoms. The summed E-state index contributed by atoms with van der Waals surface area (Å²) in [5.74, 6) is 2.28. The number of nitrogens with zero attached hydrogens (tertiary/aromatic N) is 5. The Balaban J connectivity index is 1.61. The van der Waals surface area contributed by atoms with Gasteiger partial charge in [-0.15, -0.1) is 10.2 Å². The fraction of sp³-hybridized carbons (Fsp3) is 0.562. The van der Waals surface area contributed by atoms with Crippen LogP contribution in [0.2, 0.25) is 0 Å². The van der Waals surface area contributed by atoms with Crippen molar-refractivity contribution in [3.05, 3.63) is 29.6 Å². The molecule has 6 heteroatoms. The maximum Gasteiger partial charge on any atom is 0.176 e. The van der Waals surface area contributed by atoms with Gasteiger partial charge in [-0.25, -0.2) is 4.68 Å². The molecule has 1 aliphatic rings. The minimum absolute atomic E-state index is 0.691. The number of aryl methyl sites for hydroxylation is 2. The molecular formula is C16H24N6. The number of likely N-dealkylation sites (tertiary alicyclic amines) is 1. The van der Waals surface area contributed by atoms with Crippen molar-refractivity contribution < 1.29 is 0 Å². The minimum Gasteiger partial charge on any atom is -0.368 e. The van der Waals surface area contributed by atoms with E-state index in [4.69, 9.17) is 0 Å². The first kappa shape index (κ1) is 15.0. The highest BCUT2D eigenvalue weighted by Crippen LogP contribution is 2.16. The lowest BCUT2D eigenvalue weighted by atomic mass is 9.98. The molecule has 6 nitrogen and oxygen atoms in total. The summed E-state index contributed by atoms with van der Waals surface area (Å²) < 4.78 is 1.82. The number of hydrogen-bond acceptors (Lipinski definition) is 5. The van der Waals surface area contributed by atoms with E-state index in [0.29, 0.717) is 5.92 Å². The quantitative estimate of drug-likeness (QED) is 0.936. The van der Waals surface area contributed by atoms with Gasteiger partial charge in [0.25, 0.3) is 0 Å². The molecule has 0 aromatic carbocycles. The third-order valence-electron chi connectivity index (χ3n) is 4.17. The van der Waals surface area contributed by atoms with Gasteiger partial charge in [-0.05, 0) is 64.4 Å². The number of nitrogens with one attached hydrogen (secondary N) is 1. The summed E-state index contributed by atoms with van der Waals surface area (Å²) in [5.41, 5.74) is 2.06. The van der Waals surface area contributed by atoms with Crippen molar-refractivity contribution >= 4 is 5.82 Å². The van der Waals surface area contributed by atoms with Crippen molar-refractivity contribution in [3.63, 3.8) is 0 Å². The smallest absolute Gasteiger partial charge is 0.176 e. The van der Waals surface area contributed by atoms with Gasteiger partial charge in [-0.1, -0.05) is 0 Å². The first-order valence-corrected chi connectivity index (χ1v) is 7.91. The summed E-state index contributed by atoms with van der Waals surface area (Å²) in [6, 6.07) is 5.97. The SMILES string of the molecule is Cc1cc(C)n(-c2ccc(NCC3CCCN(C)C3)nn2)n1. The monoisotopic (exact) mass is 300 g/mol. The number of hydrogen-bond donors (Lipinski definition) is 1. The van der Waals surface area contributed by atoms with Gasteiger partial charge in [0.1, 0.15) is 5.82 Å². The lowest BCUT2D eigenvalue weighted by Gasteiger charge is -2.29. The third-order valence-corrected chi connectivity index (χ3v) is 4.17. The zero-order chi connectivity index (χ0) is 15.5. The van der Waals surface area contributed by atoms with E-state index in [-0.39, 0.29) is 0 Å². The molecule has 0 amide bonds. The van der Waals surface area contributed by atoms with Crippen LogP contribution in [0.15, 0.2) is 18.2 Å². The van der Waals surface area contributed by atoms with Gasteiger partial charge in [-0.3, -0.25) is 0 Å². The number of anilines is 1. The van der Waals surface area contributed by atoms with Crippen LogP contribution >= 0.6 is 0 Å². The Morgan fingerprint density at radius 3 is 2.77 bits per heavy atom. The van der Waals surface area contributed by atoms with Crippen LogP contribution in [-0.2, 0) is 0 Å². The van der Waals surface area contributed by atoms with Crippen LogP contribution < -0.4 is 5.32 Å². The van der Waals surface area contributed by atoms with E-state index in [9.17, 15) is 0 Å². The Hall–Kier alpha value is -1.95. The van der Waals surface area contributed by atoms with Gasteiger partial charge in [0.05, 0.1) is 5.69 Å². The summed E-state index contributed by atoms with van der Waals surface area (Å²) >= 11 is 0. The van der Waals surface area contributed by atoms with Crippen molar-refractivity contribution in [2.75, 3.05) is 32.0 Å². The summed E-state index contributed by atoms with van der Waals surface area (Å²) in [6.07, 6.45) is 2.57. The van der Waals surface area contributed by atoms with E-state index in [1.807, 2.05) is 36.7 Å². The molecule has 0 radical (unpaired) electrons. The van der Waals surface area contributed by atoms with Crippen LogP contribution in [-0.4, -0.2) is 51.6 Å². The van der Waals surface area contributed by atoms with Crippen LogP contribution in [0.25, 0.3) is 5.82 Å². The van der Waals surface area contributed by atoms with Crippen LogP contribution in [0, 0.1) is 19.8 Å². The number of aromatic nitrogens is 4. The van der Waals surface area contributed by atoms with Crippen molar-refractivity contribution in [2.24, 2.45) is 5.92 Å². The molecule has 1 N–H and O–H groups in total. The lowest BCUT2D eigenvalue weighted by molar-refractivity contribution is 0.217. The number of rotatable bonds is 4. The molecule has 3 rings (SSSR count). The molecule has 1 fully saturated rings. The zero-order valence-electron chi connectivity index (χ0n) is 13.6. The van der Waals surface area contributed by atoms with Gasteiger partial charge < -0.3 is 10.2 Å². The molecule has 0 saturated carbocycles.